The van der Waals surface area contributed by atoms with E-state index in [2.05, 4.69) is 0 Å². The Labute approximate surface area is 54.7 Å². The standard InChI is InChI=1S/C6H2F3O/c7-3-1-2-4(10)6(9)5(3)8/h1,10H. The largest absolute Gasteiger partial charge is 0.504 e. The van der Waals surface area contributed by atoms with Gasteiger partial charge in [-0.1, -0.05) is 0 Å². The number of hydrogen-bond acceptors (Lipinski definition) is 1. The van der Waals surface area contributed by atoms with Gasteiger partial charge in [0.05, 0.1) is 0 Å². The second-order valence-corrected chi connectivity index (χ2v) is 1.61. The predicted octanol–water partition coefficient (Wildman–Crippen LogP) is 1.61. The van der Waals surface area contributed by atoms with Gasteiger partial charge in [0.1, 0.15) is 0 Å². The number of halogens is 3. The van der Waals surface area contributed by atoms with Gasteiger partial charge in [-0.3, -0.25) is 0 Å². The van der Waals surface area contributed by atoms with Gasteiger partial charge in [0, 0.05) is 6.07 Å². The summed E-state index contributed by atoms with van der Waals surface area (Å²) in [4.78, 5) is 0. The maximum absolute atomic E-state index is 12.1. The molecule has 10 heavy (non-hydrogen) atoms. The topological polar surface area (TPSA) is 20.2 Å². The minimum Gasteiger partial charge on any atom is -0.504 e. The zero-order valence-electron chi connectivity index (χ0n) is 4.66. The molecule has 4 heteroatoms. The normalized spacial score (nSPS) is 9.90. The van der Waals surface area contributed by atoms with Crippen LogP contribution >= 0.6 is 0 Å². The van der Waals surface area contributed by atoms with Crippen LogP contribution in [0.5, 0.6) is 5.75 Å². The van der Waals surface area contributed by atoms with Crippen LogP contribution in [0.1, 0.15) is 0 Å². The van der Waals surface area contributed by atoms with Gasteiger partial charge in [-0.15, -0.1) is 0 Å². The molecule has 0 bridgehead atoms. The van der Waals surface area contributed by atoms with Gasteiger partial charge in [0.15, 0.2) is 17.4 Å². The van der Waals surface area contributed by atoms with Crippen molar-refractivity contribution < 1.29 is 18.3 Å². The smallest absolute Gasteiger partial charge is 0.204 e. The van der Waals surface area contributed by atoms with Crippen molar-refractivity contribution in [2.75, 3.05) is 0 Å². The van der Waals surface area contributed by atoms with Gasteiger partial charge in [-0.2, -0.15) is 4.39 Å². The molecule has 1 radical (unpaired) electrons. The number of hydrogen-bond donors (Lipinski definition) is 1. The Morgan fingerprint density at radius 2 is 1.80 bits per heavy atom. The maximum atomic E-state index is 12.1. The monoisotopic (exact) mass is 147 g/mol. The summed E-state index contributed by atoms with van der Waals surface area (Å²) in [6.07, 6.45) is 0. The van der Waals surface area contributed by atoms with E-state index in [1.807, 2.05) is 0 Å². The highest BCUT2D eigenvalue weighted by Gasteiger charge is 2.11. The first kappa shape index (κ1) is 6.92. The summed E-state index contributed by atoms with van der Waals surface area (Å²) in [6, 6.07) is 2.30. The maximum Gasteiger partial charge on any atom is 0.204 e. The van der Waals surface area contributed by atoms with Crippen molar-refractivity contribution in [1.82, 2.24) is 0 Å². The molecule has 0 amide bonds. The molecule has 0 heterocycles. The summed E-state index contributed by atoms with van der Waals surface area (Å²) in [7, 11) is 0. The SMILES string of the molecule is Oc1[c]cc(F)c(F)c1F. The lowest BCUT2D eigenvalue weighted by atomic mass is 10.3. The van der Waals surface area contributed by atoms with Gasteiger partial charge in [0.25, 0.3) is 0 Å². The predicted molar refractivity (Wildman–Crippen MR) is 26.8 cm³/mol. The van der Waals surface area contributed by atoms with E-state index in [0.29, 0.717) is 6.07 Å². The van der Waals surface area contributed by atoms with Crippen molar-refractivity contribution in [1.29, 1.82) is 0 Å². The van der Waals surface area contributed by atoms with Crippen LogP contribution in [-0.4, -0.2) is 5.11 Å². The number of aromatic hydroxyl groups is 1. The highest BCUT2D eigenvalue weighted by atomic mass is 19.2. The van der Waals surface area contributed by atoms with Crippen LogP contribution in [0.4, 0.5) is 13.2 Å². The second-order valence-electron chi connectivity index (χ2n) is 1.61. The molecule has 0 fully saturated rings. The molecule has 0 aliphatic heterocycles. The first-order chi connectivity index (χ1) is 4.63. The molecule has 1 rings (SSSR count). The molecular formula is C6H2F3O. The van der Waals surface area contributed by atoms with Crippen molar-refractivity contribution in [3.8, 4) is 5.75 Å². The van der Waals surface area contributed by atoms with E-state index in [9.17, 15) is 13.2 Å². The van der Waals surface area contributed by atoms with Crippen molar-refractivity contribution in [2.45, 2.75) is 0 Å². The molecule has 1 nitrogen and oxygen atoms in total. The molecule has 0 aliphatic carbocycles. The molecule has 0 spiro atoms. The summed E-state index contributed by atoms with van der Waals surface area (Å²) < 4.78 is 36.2. The van der Waals surface area contributed by atoms with E-state index in [0.717, 1.165) is 0 Å². The summed E-state index contributed by atoms with van der Waals surface area (Å²) in [5, 5.41) is 8.39. The fraction of sp³-hybridized carbons (Fsp3) is 0. The molecule has 0 aliphatic rings. The van der Waals surface area contributed by atoms with E-state index in [1.54, 1.807) is 6.07 Å². The zero-order valence-corrected chi connectivity index (χ0v) is 4.66. The van der Waals surface area contributed by atoms with E-state index in [-0.39, 0.29) is 0 Å². The van der Waals surface area contributed by atoms with E-state index in [4.69, 9.17) is 5.11 Å². The summed E-state index contributed by atoms with van der Waals surface area (Å²) >= 11 is 0. The van der Waals surface area contributed by atoms with Gasteiger partial charge in [-0.05, 0) is 6.07 Å². The third-order valence-corrected chi connectivity index (χ3v) is 0.946. The highest BCUT2D eigenvalue weighted by molar-refractivity contribution is 5.22. The van der Waals surface area contributed by atoms with Gasteiger partial charge >= 0.3 is 0 Å². The van der Waals surface area contributed by atoms with Crippen LogP contribution in [0.25, 0.3) is 0 Å². The van der Waals surface area contributed by atoms with Crippen molar-refractivity contribution in [2.24, 2.45) is 0 Å². The number of phenolic OH excluding ortho intramolecular Hbond substituents is 1. The van der Waals surface area contributed by atoms with Crippen LogP contribution < -0.4 is 0 Å². The Kier molecular flexibility index (Phi) is 1.53. The third-order valence-electron chi connectivity index (χ3n) is 0.946. The Bertz CT molecular complexity index is 232. The molecule has 1 N–H and O–H groups in total. The lowest BCUT2D eigenvalue weighted by Gasteiger charge is -1.94. The molecular weight excluding hydrogens is 145 g/mol. The van der Waals surface area contributed by atoms with Crippen LogP contribution in [0.2, 0.25) is 0 Å². The van der Waals surface area contributed by atoms with E-state index >= 15 is 0 Å². The first-order valence-electron chi connectivity index (χ1n) is 2.37. The second kappa shape index (κ2) is 2.21. The molecule has 0 saturated heterocycles. The van der Waals surface area contributed by atoms with Crippen LogP contribution in [-0.2, 0) is 0 Å². The Hall–Kier alpha value is -1.19. The van der Waals surface area contributed by atoms with Crippen molar-refractivity contribution in [3.05, 3.63) is 29.6 Å². The quantitative estimate of drug-likeness (QED) is 0.552. The molecule has 0 unspecified atom stereocenters. The first-order valence-corrected chi connectivity index (χ1v) is 2.37. The van der Waals surface area contributed by atoms with Crippen LogP contribution in [0.15, 0.2) is 6.07 Å². The molecule has 0 saturated carbocycles. The van der Waals surface area contributed by atoms with Gasteiger partial charge in [-0.25, -0.2) is 8.78 Å². The fourth-order valence-electron chi connectivity index (χ4n) is 0.467. The third kappa shape index (κ3) is 0.920. The summed E-state index contributed by atoms with van der Waals surface area (Å²) in [5.41, 5.74) is 0. The molecule has 53 valence electrons. The van der Waals surface area contributed by atoms with Gasteiger partial charge < -0.3 is 5.11 Å². The molecule has 1 aromatic rings. The number of benzene rings is 1. The Balaban J connectivity index is 3.34. The zero-order chi connectivity index (χ0) is 7.72. The number of phenols is 1. The number of rotatable bonds is 0. The molecule has 0 aromatic heterocycles. The van der Waals surface area contributed by atoms with Crippen LogP contribution in [0.3, 0.4) is 0 Å². The lowest BCUT2D eigenvalue weighted by molar-refractivity contribution is 0.386. The molecule has 1 aromatic carbocycles. The minimum atomic E-state index is -1.68. The fourth-order valence-corrected chi connectivity index (χ4v) is 0.467. The van der Waals surface area contributed by atoms with Gasteiger partial charge in [0.2, 0.25) is 5.82 Å². The Morgan fingerprint density at radius 3 is 2.30 bits per heavy atom. The minimum absolute atomic E-state index is 0.522. The average Bonchev–Trinajstić information content (AvgIpc) is 1.93. The van der Waals surface area contributed by atoms with Crippen molar-refractivity contribution >= 4 is 0 Å². The molecule has 0 atom stereocenters. The summed E-state index contributed by atoms with van der Waals surface area (Å²) in [6.45, 7) is 0. The van der Waals surface area contributed by atoms with Crippen LogP contribution in [0, 0.1) is 23.5 Å². The van der Waals surface area contributed by atoms with Crippen molar-refractivity contribution in [3.63, 3.8) is 0 Å². The Morgan fingerprint density at radius 1 is 1.20 bits per heavy atom. The summed E-state index contributed by atoms with van der Waals surface area (Å²) in [5.74, 6) is -5.68. The lowest BCUT2D eigenvalue weighted by Crippen LogP contribution is -1.89. The highest BCUT2D eigenvalue weighted by Crippen LogP contribution is 2.18. The average molecular weight is 147 g/mol. The van der Waals surface area contributed by atoms with E-state index < -0.39 is 23.2 Å². The van der Waals surface area contributed by atoms with E-state index in [1.165, 1.54) is 0 Å².